The molecule has 0 aromatic heterocycles. The molecule has 4 amide bonds. The van der Waals surface area contributed by atoms with Crippen LogP contribution in [0.5, 0.6) is 5.75 Å². The molecule has 3 aromatic rings. The number of anilines is 3. The molecule has 2 aliphatic heterocycles. The predicted molar refractivity (Wildman–Crippen MR) is 162 cm³/mol. The molecule has 6 unspecified atom stereocenters. The maximum Gasteiger partial charge on any atom is 0.253 e. The minimum atomic E-state index is -1.85. The van der Waals surface area contributed by atoms with E-state index in [9.17, 15) is 24.3 Å². The summed E-state index contributed by atoms with van der Waals surface area (Å²) in [7, 11) is 1.36. The highest BCUT2D eigenvalue weighted by Gasteiger charge is 2.75. The topological polar surface area (TPSA) is 107 Å². The van der Waals surface area contributed by atoms with Crippen LogP contribution in [0.1, 0.15) is 24.3 Å². The number of amides is 4. The Kier molecular flexibility index (Phi) is 6.24. The van der Waals surface area contributed by atoms with Crippen LogP contribution in [0.2, 0.25) is 0 Å². The summed E-state index contributed by atoms with van der Waals surface area (Å²) in [6.07, 6.45) is 2.10. The smallest absolute Gasteiger partial charge is 0.253 e. The van der Waals surface area contributed by atoms with Crippen LogP contribution in [0.3, 0.4) is 0 Å². The van der Waals surface area contributed by atoms with Crippen LogP contribution in [0.15, 0.2) is 90.5 Å². The Balaban J connectivity index is 1.26. The van der Waals surface area contributed by atoms with E-state index in [2.05, 4.69) is 5.32 Å². The van der Waals surface area contributed by atoms with E-state index in [-0.39, 0.29) is 30.4 Å². The second kappa shape index (κ2) is 9.69. The molecule has 8 nitrogen and oxygen atoms in total. The zero-order valence-electron chi connectivity index (χ0n) is 23.0. The number of imide groups is 2. The number of hydrogen-bond donors (Lipinski definition) is 2. The summed E-state index contributed by atoms with van der Waals surface area (Å²) in [4.78, 5) is 53.6. The second-order valence-corrected chi connectivity index (χ2v) is 12.9. The number of phenols is 1. The molecule has 0 radical (unpaired) electrons. The number of carbonyl (C=O) groups excluding carboxylic acids is 4. The number of alkyl halides is 2. The Bertz CT molecular complexity index is 1710. The average molecular weight is 617 g/mol. The minimum Gasteiger partial charge on any atom is -0.508 e. The molecule has 2 aliphatic carbocycles. The van der Waals surface area contributed by atoms with Gasteiger partial charge in [-0.2, -0.15) is 0 Å². The van der Waals surface area contributed by atoms with Crippen molar-refractivity contribution in [1.82, 2.24) is 4.90 Å². The van der Waals surface area contributed by atoms with Crippen LogP contribution in [0.4, 0.5) is 17.1 Å². The molecule has 10 heteroatoms. The summed E-state index contributed by atoms with van der Waals surface area (Å²) in [5.74, 6) is -4.78. The predicted octanol–water partition coefficient (Wildman–Crippen LogP) is 5.33. The molecule has 0 spiro atoms. The first kappa shape index (κ1) is 27.7. The molecule has 2 saturated heterocycles. The highest BCUT2D eigenvalue weighted by molar-refractivity contribution is 6.53. The van der Waals surface area contributed by atoms with Gasteiger partial charge in [-0.25, -0.2) is 0 Å². The number of para-hydroxylation sites is 1. The monoisotopic (exact) mass is 615 g/mol. The van der Waals surface area contributed by atoms with E-state index in [1.165, 1.54) is 24.1 Å². The Hall–Kier alpha value is -4.14. The molecule has 3 fully saturated rings. The van der Waals surface area contributed by atoms with E-state index in [1.807, 2.05) is 48.5 Å². The van der Waals surface area contributed by atoms with Gasteiger partial charge in [-0.15, -0.1) is 23.2 Å². The molecule has 43 heavy (non-hydrogen) atoms. The van der Waals surface area contributed by atoms with E-state index in [1.54, 1.807) is 24.3 Å². The second-order valence-electron chi connectivity index (χ2n) is 11.6. The van der Waals surface area contributed by atoms with Crippen LogP contribution in [-0.2, 0) is 19.2 Å². The molecule has 6 atom stereocenters. The van der Waals surface area contributed by atoms with E-state index in [0.29, 0.717) is 16.8 Å². The first-order chi connectivity index (χ1) is 20.6. The fourth-order valence-corrected chi connectivity index (χ4v) is 8.44. The molecule has 4 aliphatic rings. The van der Waals surface area contributed by atoms with Gasteiger partial charge in [-0.1, -0.05) is 42.0 Å². The summed E-state index contributed by atoms with van der Waals surface area (Å²) >= 11 is 14.3. The minimum absolute atomic E-state index is 0.0256. The lowest BCUT2D eigenvalue weighted by atomic mass is 9.56. The first-order valence-electron chi connectivity index (χ1n) is 14.1. The zero-order chi connectivity index (χ0) is 30.3. The van der Waals surface area contributed by atoms with Crippen LogP contribution in [0, 0.1) is 17.8 Å². The lowest BCUT2D eigenvalue weighted by Gasteiger charge is -2.50. The third-order valence-corrected chi connectivity index (χ3v) is 10.8. The van der Waals surface area contributed by atoms with Crippen molar-refractivity contribution in [3.05, 3.63) is 96.1 Å². The molecule has 218 valence electrons. The number of fused-ring (bicyclic) bond motifs is 4. The van der Waals surface area contributed by atoms with Gasteiger partial charge in [0.1, 0.15) is 5.75 Å². The van der Waals surface area contributed by atoms with Crippen molar-refractivity contribution in [2.45, 2.75) is 28.5 Å². The number of nitrogens with zero attached hydrogens (tertiary/aromatic N) is 2. The van der Waals surface area contributed by atoms with E-state index in [0.717, 1.165) is 16.3 Å². The number of halogens is 2. The van der Waals surface area contributed by atoms with Crippen LogP contribution in [-0.4, -0.2) is 50.4 Å². The summed E-state index contributed by atoms with van der Waals surface area (Å²) < 4.78 is 0. The van der Waals surface area contributed by atoms with Crippen molar-refractivity contribution in [3.63, 3.8) is 0 Å². The molecule has 7 rings (SSSR count). The summed E-state index contributed by atoms with van der Waals surface area (Å²) in [5.41, 5.74) is 3.45. The molecule has 2 N–H and O–H groups in total. The number of aromatic hydroxyl groups is 1. The number of likely N-dealkylation sites (tertiary alicyclic amines) is 1. The maximum atomic E-state index is 14.1. The van der Waals surface area contributed by atoms with Crippen molar-refractivity contribution in [1.29, 1.82) is 0 Å². The lowest BCUT2D eigenvalue weighted by Crippen LogP contribution is -2.60. The Morgan fingerprint density at radius 2 is 1.47 bits per heavy atom. The van der Waals surface area contributed by atoms with E-state index in [4.69, 9.17) is 23.2 Å². The number of rotatable bonds is 4. The van der Waals surface area contributed by atoms with Crippen LogP contribution < -0.4 is 10.2 Å². The van der Waals surface area contributed by atoms with Crippen LogP contribution in [0.25, 0.3) is 0 Å². The van der Waals surface area contributed by atoms with Crippen molar-refractivity contribution >= 4 is 63.9 Å². The Morgan fingerprint density at radius 3 is 2.14 bits per heavy atom. The fraction of sp³-hybridized carbons (Fsp3) is 0.273. The van der Waals surface area contributed by atoms with Gasteiger partial charge >= 0.3 is 0 Å². The van der Waals surface area contributed by atoms with E-state index >= 15 is 0 Å². The highest BCUT2D eigenvalue weighted by atomic mass is 35.5. The first-order valence-corrected chi connectivity index (χ1v) is 14.8. The van der Waals surface area contributed by atoms with Gasteiger partial charge in [0.05, 0.1) is 17.5 Å². The van der Waals surface area contributed by atoms with Crippen molar-refractivity contribution in [3.8, 4) is 5.75 Å². The van der Waals surface area contributed by atoms with Crippen molar-refractivity contribution in [2.75, 3.05) is 17.3 Å². The molecule has 3 aromatic carbocycles. The third kappa shape index (κ3) is 3.82. The molecular formula is C33H27Cl2N3O5. The Morgan fingerprint density at radius 1 is 0.814 bits per heavy atom. The number of benzene rings is 3. The quantitative estimate of drug-likeness (QED) is 0.233. The number of phenolic OH excluding ortho intramolecular Hbond substituents is 1. The average Bonchev–Trinajstić information content (AvgIpc) is 3.33. The zero-order valence-corrected chi connectivity index (χ0v) is 24.5. The maximum absolute atomic E-state index is 14.1. The van der Waals surface area contributed by atoms with Gasteiger partial charge in [0.2, 0.25) is 11.8 Å². The van der Waals surface area contributed by atoms with Gasteiger partial charge in [0.15, 0.2) is 9.75 Å². The molecular weight excluding hydrogens is 589 g/mol. The van der Waals surface area contributed by atoms with Gasteiger partial charge in [0.25, 0.3) is 11.8 Å². The van der Waals surface area contributed by atoms with Gasteiger partial charge in [0, 0.05) is 24.3 Å². The normalized spacial score (nSPS) is 31.5. The highest BCUT2D eigenvalue weighted by Crippen LogP contribution is 2.65. The summed E-state index contributed by atoms with van der Waals surface area (Å²) in [6, 6.07) is 23.0. The summed E-state index contributed by atoms with van der Waals surface area (Å²) in [5, 5.41) is 13.2. The number of nitrogens with one attached hydrogen (secondary N) is 1. The number of allylic oxidation sites excluding steroid dienone is 2. The van der Waals surface area contributed by atoms with E-state index < -0.39 is 45.2 Å². The van der Waals surface area contributed by atoms with Crippen LogP contribution >= 0.6 is 23.2 Å². The largest absolute Gasteiger partial charge is 0.508 e. The Labute approximate surface area is 257 Å². The van der Waals surface area contributed by atoms with Gasteiger partial charge in [-0.3, -0.25) is 29.0 Å². The van der Waals surface area contributed by atoms with Crippen molar-refractivity contribution in [2.24, 2.45) is 17.8 Å². The molecule has 1 saturated carbocycles. The van der Waals surface area contributed by atoms with Gasteiger partial charge in [-0.05, 0) is 72.9 Å². The summed E-state index contributed by atoms with van der Waals surface area (Å²) in [6.45, 7) is 0. The fourth-order valence-electron chi connectivity index (χ4n) is 7.42. The number of carbonyl (C=O) groups is 4. The number of hydrogen-bond acceptors (Lipinski definition) is 6. The van der Waals surface area contributed by atoms with Crippen molar-refractivity contribution < 1.29 is 24.3 Å². The standard InChI is InChI=1S/C33H27Cl2N3O5/c1-37-30(42)32(34)17-25-23(27(33(32,35)31(37)43)18-7-13-22(39)14-8-18)15-16-24-26(25)29(41)38(28(24)40)21-11-9-20(10-12-21)36-19-5-3-2-4-6-19/h2-15,24-27,36,39H,16-17H2,1H3. The SMILES string of the molecule is CN1C(=O)C2(Cl)CC3C(=CCC4C(=O)N(c5ccc(Nc6ccccc6)cc5)C(=O)C43)C(c3ccc(O)cc3)C2(Cl)C1=O. The molecule has 0 bridgehead atoms. The third-order valence-electron chi connectivity index (χ3n) is 9.43. The molecule has 2 heterocycles. The lowest BCUT2D eigenvalue weighted by molar-refractivity contribution is -0.138. The van der Waals surface area contributed by atoms with Gasteiger partial charge < -0.3 is 10.4 Å².